The van der Waals surface area contributed by atoms with Crippen LogP contribution in [-0.2, 0) is 0 Å². The first-order valence-electron chi connectivity index (χ1n) is 10.7. The highest BCUT2D eigenvalue weighted by Crippen LogP contribution is 2.26. The molecule has 1 aliphatic rings. The SMILES string of the molecule is Cc1ccccc1N(C#N)C(=N)N1CCN(c2cnc3ccc(Cl)cc3n2)CC1C(C)C. The third-order valence-corrected chi connectivity index (χ3v) is 6.18. The quantitative estimate of drug-likeness (QED) is 0.272. The normalized spacial score (nSPS) is 16.3. The number of anilines is 2. The molecule has 3 aromatic rings. The molecule has 1 fully saturated rings. The number of hydrogen-bond donors (Lipinski definition) is 1. The maximum atomic E-state index is 9.85. The molecule has 0 bridgehead atoms. The lowest BCUT2D eigenvalue weighted by Gasteiger charge is -2.45. The highest BCUT2D eigenvalue weighted by atomic mass is 35.5. The first kappa shape index (κ1) is 21.8. The molecule has 1 aliphatic heterocycles. The van der Waals surface area contributed by atoms with Crippen molar-refractivity contribution in [3.8, 4) is 6.19 Å². The number of guanidine groups is 1. The van der Waals surface area contributed by atoms with Crippen molar-refractivity contribution >= 4 is 40.1 Å². The molecule has 2 heterocycles. The van der Waals surface area contributed by atoms with Crippen molar-refractivity contribution in [1.29, 1.82) is 10.7 Å². The van der Waals surface area contributed by atoms with E-state index in [1.165, 1.54) is 4.90 Å². The number of halogens is 1. The highest BCUT2D eigenvalue weighted by molar-refractivity contribution is 6.31. The summed E-state index contributed by atoms with van der Waals surface area (Å²) in [5, 5.41) is 19.4. The van der Waals surface area contributed by atoms with E-state index in [0.29, 0.717) is 24.7 Å². The van der Waals surface area contributed by atoms with Crippen LogP contribution >= 0.6 is 11.6 Å². The van der Waals surface area contributed by atoms with Crippen molar-refractivity contribution in [2.75, 3.05) is 29.4 Å². The summed E-state index contributed by atoms with van der Waals surface area (Å²) in [6.07, 6.45) is 4.00. The van der Waals surface area contributed by atoms with E-state index in [1.807, 2.05) is 54.3 Å². The highest BCUT2D eigenvalue weighted by Gasteiger charge is 2.34. The minimum absolute atomic E-state index is 0.0491. The Hall–Kier alpha value is -3.37. The Kier molecular flexibility index (Phi) is 6.15. The molecular weight excluding hydrogens is 422 g/mol. The summed E-state index contributed by atoms with van der Waals surface area (Å²) >= 11 is 6.14. The fourth-order valence-electron chi connectivity index (χ4n) is 4.14. The smallest absolute Gasteiger partial charge is 0.212 e. The average molecular weight is 448 g/mol. The number of aromatic nitrogens is 2. The van der Waals surface area contributed by atoms with Gasteiger partial charge in [0.05, 0.1) is 29.0 Å². The van der Waals surface area contributed by atoms with Gasteiger partial charge in [0.1, 0.15) is 5.82 Å². The first-order valence-corrected chi connectivity index (χ1v) is 11.0. The fourth-order valence-corrected chi connectivity index (χ4v) is 4.30. The zero-order valence-corrected chi connectivity index (χ0v) is 19.2. The molecule has 8 heteroatoms. The van der Waals surface area contributed by atoms with Gasteiger partial charge in [-0.2, -0.15) is 5.26 Å². The molecule has 1 unspecified atom stereocenters. The van der Waals surface area contributed by atoms with Gasteiger partial charge in [0.2, 0.25) is 5.96 Å². The van der Waals surface area contributed by atoms with Crippen molar-refractivity contribution in [3.05, 3.63) is 59.2 Å². The van der Waals surface area contributed by atoms with E-state index < -0.39 is 0 Å². The third kappa shape index (κ3) is 4.19. The van der Waals surface area contributed by atoms with Crippen LogP contribution in [0.2, 0.25) is 5.02 Å². The van der Waals surface area contributed by atoms with Gasteiger partial charge in [-0.25, -0.2) is 9.88 Å². The Labute approximate surface area is 193 Å². The van der Waals surface area contributed by atoms with Crippen molar-refractivity contribution < 1.29 is 0 Å². The lowest BCUT2D eigenvalue weighted by atomic mass is 9.99. The van der Waals surface area contributed by atoms with Crippen molar-refractivity contribution in [3.63, 3.8) is 0 Å². The second-order valence-electron chi connectivity index (χ2n) is 8.36. The van der Waals surface area contributed by atoms with Crippen LogP contribution in [0.3, 0.4) is 0 Å². The van der Waals surface area contributed by atoms with Gasteiger partial charge >= 0.3 is 0 Å². The molecule has 0 radical (unpaired) electrons. The number of hydrogen-bond acceptors (Lipinski definition) is 5. The summed E-state index contributed by atoms with van der Waals surface area (Å²) in [4.78, 5) is 15.0. The van der Waals surface area contributed by atoms with Crippen LogP contribution in [0.5, 0.6) is 0 Å². The summed E-state index contributed by atoms with van der Waals surface area (Å²) < 4.78 is 0. The molecule has 7 nitrogen and oxygen atoms in total. The van der Waals surface area contributed by atoms with Gasteiger partial charge in [-0.05, 0) is 42.7 Å². The first-order chi connectivity index (χ1) is 15.4. The Bertz CT molecular complexity index is 1190. The van der Waals surface area contributed by atoms with Gasteiger partial charge in [0.25, 0.3) is 0 Å². The zero-order chi connectivity index (χ0) is 22.8. The van der Waals surface area contributed by atoms with E-state index in [4.69, 9.17) is 22.0 Å². The number of nitriles is 1. The van der Waals surface area contributed by atoms with E-state index in [2.05, 4.69) is 29.9 Å². The van der Waals surface area contributed by atoms with Crippen LogP contribution in [-0.4, -0.2) is 46.5 Å². The van der Waals surface area contributed by atoms with Gasteiger partial charge in [0.15, 0.2) is 6.19 Å². The fraction of sp³-hybridized carbons (Fsp3) is 0.333. The van der Waals surface area contributed by atoms with E-state index in [-0.39, 0.29) is 17.9 Å². The lowest BCUT2D eigenvalue weighted by molar-refractivity contribution is 0.221. The van der Waals surface area contributed by atoms with E-state index in [0.717, 1.165) is 28.1 Å². The third-order valence-electron chi connectivity index (χ3n) is 5.94. The topological polar surface area (TPSA) is 83.1 Å². The second-order valence-corrected chi connectivity index (χ2v) is 8.79. The van der Waals surface area contributed by atoms with Gasteiger partial charge in [-0.1, -0.05) is 43.6 Å². The van der Waals surface area contributed by atoms with Crippen LogP contribution in [0.25, 0.3) is 11.0 Å². The average Bonchev–Trinajstić information content (AvgIpc) is 2.79. The maximum absolute atomic E-state index is 9.85. The Balaban J connectivity index is 1.59. The molecule has 164 valence electrons. The summed E-state index contributed by atoms with van der Waals surface area (Å²) in [6.45, 7) is 8.22. The van der Waals surface area contributed by atoms with Crippen LogP contribution < -0.4 is 9.80 Å². The van der Waals surface area contributed by atoms with E-state index >= 15 is 0 Å². The maximum Gasteiger partial charge on any atom is 0.212 e. The molecule has 1 N–H and O–H groups in total. The van der Waals surface area contributed by atoms with Crippen molar-refractivity contribution in [2.45, 2.75) is 26.8 Å². The largest absolute Gasteiger partial charge is 0.351 e. The van der Waals surface area contributed by atoms with Crippen LogP contribution in [0.4, 0.5) is 11.5 Å². The van der Waals surface area contributed by atoms with Gasteiger partial charge in [-0.15, -0.1) is 0 Å². The summed E-state index contributed by atoms with van der Waals surface area (Å²) in [6, 6.07) is 13.2. The van der Waals surface area contributed by atoms with E-state index in [9.17, 15) is 5.26 Å². The van der Waals surface area contributed by atoms with Crippen LogP contribution in [0.1, 0.15) is 19.4 Å². The molecule has 0 amide bonds. The van der Waals surface area contributed by atoms with E-state index in [1.54, 1.807) is 6.20 Å². The summed E-state index contributed by atoms with van der Waals surface area (Å²) in [7, 11) is 0. The van der Waals surface area contributed by atoms with Gasteiger partial charge in [0, 0.05) is 24.7 Å². The number of piperazine rings is 1. The Morgan fingerprint density at radius 2 is 2.00 bits per heavy atom. The molecule has 1 aromatic heterocycles. The monoisotopic (exact) mass is 447 g/mol. The van der Waals surface area contributed by atoms with Crippen molar-refractivity contribution in [1.82, 2.24) is 14.9 Å². The number of nitrogens with one attached hydrogen (secondary N) is 1. The second kappa shape index (κ2) is 9.01. The molecule has 0 spiro atoms. The number of fused-ring (bicyclic) bond motifs is 1. The molecule has 0 aliphatic carbocycles. The number of para-hydroxylation sites is 1. The molecule has 2 aromatic carbocycles. The van der Waals surface area contributed by atoms with Crippen LogP contribution in [0.15, 0.2) is 48.7 Å². The molecule has 1 saturated heterocycles. The Morgan fingerprint density at radius 3 is 2.72 bits per heavy atom. The predicted molar refractivity (Wildman–Crippen MR) is 129 cm³/mol. The predicted octanol–water partition coefficient (Wildman–Crippen LogP) is 4.66. The molecule has 0 saturated carbocycles. The standard InChI is InChI=1S/C24H26ClN7/c1-16(2)22-14-30(23-13-28-19-9-8-18(25)12-20(19)29-23)10-11-31(22)24(27)32(15-26)21-7-5-4-6-17(21)3/h4-9,12-13,16,22,27H,10-11,14H2,1-3H3. The van der Waals surface area contributed by atoms with Gasteiger partial charge < -0.3 is 9.80 Å². The molecule has 32 heavy (non-hydrogen) atoms. The summed E-state index contributed by atoms with van der Waals surface area (Å²) in [5.41, 5.74) is 3.27. The van der Waals surface area contributed by atoms with Crippen LogP contribution in [0, 0.1) is 29.7 Å². The minimum atomic E-state index is 0.0491. The zero-order valence-electron chi connectivity index (χ0n) is 18.5. The number of aryl methyl sites for hydroxylation is 1. The summed E-state index contributed by atoms with van der Waals surface area (Å²) in [5.74, 6) is 1.28. The number of rotatable bonds is 3. The Morgan fingerprint density at radius 1 is 1.22 bits per heavy atom. The molecular formula is C24H26ClN7. The van der Waals surface area contributed by atoms with Crippen molar-refractivity contribution in [2.24, 2.45) is 5.92 Å². The van der Waals surface area contributed by atoms with Gasteiger partial charge in [-0.3, -0.25) is 10.4 Å². The molecule has 1 atom stereocenters. The minimum Gasteiger partial charge on any atom is -0.351 e. The molecule has 4 rings (SSSR count). The lowest BCUT2D eigenvalue weighted by Crippen LogP contribution is -2.60. The number of benzene rings is 2. The number of nitrogens with zero attached hydrogens (tertiary/aromatic N) is 6.